The van der Waals surface area contributed by atoms with Crippen molar-refractivity contribution < 1.29 is 14.0 Å². The second kappa shape index (κ2) is 8.78. The number of benzene rings is 3. The number of nitrogens with zero attached hydrogens (tertiary/aromatic N) is 3. The second-order valence-electron chi connectivity index (χ2n) is 8.70. The van der Waals surface area contributed by atoms with E-state index in [1.807, 2.05) is 11.0 Å². The van der Waals surface area contributed by atoms with Crippen LogP contribution in [0.2, 0.25) is 0 Å². The molecule has 2 aliphatic heterocycles. The molecule has 1 saturated heterocycles. The molecule has 0 aliphatic carbocycles. The predicted octanol–water partition coefficient (Wildman–Crippen LogP) is 4.55. The van der Waals surface area contributed by atoms with E-state index in [0.717, 1.165) is 13.1 Å². The summed E-state index contributed by atoms with van der Waals surface area (Å²) >= 11 is 0. The van der Waals surface area contributed by atoms with Gasteiger partial charge in [0.15, 0.2) is 0 Å². The Morgan fingerprint density at radius 2 is 1.35 bits per heavy atom. The minimum Gasteiger partial charge on any atom is -0.368 e. The second-order valence-corrected chi connectivity index (χ2v) is 8.70. The first-order chi connectivity index (χ1) is 16.5. The molecule has 0 atom stereocenters. The summed E-state index contributed by atoms with van der Waals surface area (Å²) in [4.78, 5) is 32.7. The minimum atomic E-state index is -0.385. The Morgan fingerprint density at radius 3 is 2.03 bits per heavy atom. The number of carbonyl (C=O) groups is 2. The van der Waals surface area contributed by atoms with Crippen LogP contribution in [0, 0.1) is 19.7 Å². The number of hydrogen-bond donors (Lipinski definition) is 0. The van der Waals surface area contributed by atoms with Crippen molar-refractivity contribution in [2.45, 2.75) is 13.8 Å². The molecule has 0 N–H and O–H groups in total. The van der Waals surface area contributed by atoms with Crippen LogP contribution in [-0.2, 0) is 9.59 Å². The molecule has 34 heavy (non-hydrogen) atoms. The molecule has 5 rings (SSSR count). The van der Waals surface area contributed by atoms with Crippen molar-refractivity contribution in [2.24, 2.45) is 0 Å². The zero-order valence-electron chi connectivity index (χ0n) is 19.3. The zero-order valence-corrected chi connectivity index (χ0v) is 19.3. The number of imide groups is 1. The van der Waals surface area contributed by atoms with Crippen LogP contribution in [0.3, 0.4) is 0 Å². The highest BCUT2D eigenvalue weighted by Crippen LogP contribution is 2.35. The molecule has 2 heterocycles. The lowest BCUT2D eigenvalue weighted by Gasteiger charge is -2.38. The minimum absolute atomic E-state index is 0.328. The number of halogens is 1. The van der Waals surface area contributed by atoms with Crippen LogP contribution in [0.15, 0.2) is 78.5 Å². The van der Waals surface area contributed by atoms with Crippen LogP contribution in [0.1, 0.15) is 16.7 Å². The van der Waals surface area contributed by atoms with E-state index < -0.39 is 0 Å². The molecule has 0 aromatic heterocycles. The largest absolute Gasteiger partial charge is 0.368 e. The molecule has 0 saturated carbocycles. The summed E-state index contributed by atoms with van der Waals surface area (Å²) in [7, 11) is 0. The average molecular weight is 456 g/mol. The summed E-state index contributed by atoms with van der Waals surface area (Å²) < 4.78 is 13.6. The average Bonchev–Trinajstić information content (AvgIpc) is 3.12. The number of para-hydroxylation sites is 1. The molecule has 172 valence electrons. The van der Waals surface area contributed by atoms with Gasteiger partial charge in [0.05, 0.1) is 11.3 Å². The number of anilines is 2. The van der Waals surface area contributed by atoms with E-state index >= 15 is 0 Å². The molecule has 2 amide bonds. The molecule has 0 spiro atoms. The molecule has 0 bridgehead atoms. The summed E-state index contributed by atoms with van der Waals surface area (Å²) in [5.41, 5.74) is 5.49. The third kappa shape index (κ3) is 3.75. The van der Waals surface area contributed by atoms with Crippen molar-refractivity contribution in [3.63, 3.8) is 0 Å². The molecule has 6 heteroatoms. The van der Waals surface area contributed by atoms with Crippen LogP contribution in [0.25, 0.3) is 5.57 Å². The molecule has 0 unspecified atom stereocenters. The number of aryl methyl sites for hydroxylation is 1. The van der Waals surface area contributed by atoms with Gasteiger partial charge in [0.2, 0.25) is 0 Å². The van der Waals surface area contributed by atoms with Crippen LogP contribution in [0.5, 0.6) is 0 Å². The predicted molar refractivity (Wildman–Crippen MR) is 132 cm³/mol. The highest BCUT2D eigenvalue weighted by atomic mass is 19.1. The Balaban J connectivity index is 1.49. The van der Waals surface area contributed by atoms with E-state index in [-0.39, 0.29) is 17.6 Å². The van der Waals surface area contributed by atoms with Crippen molar-refractivity contribution in [3.8, 4) is 0 Å². The van der Waals surface area contributed by atoms with E-state index in [2.05, 4.69) is 36.9 Å². The van der Waals surface area contributed by atoms with Gasteiger partial charge in [0, 0.05) is 31.9 Å². The van der Waals surface area contributed by atoms with E-state index in [9.17, 15) is 14.0 Å². The monoisotopic (exact) mass is 455 g/mol. The van der Waals surface area contributed by atoms with Crippen molar-refractivity contribution in [1.29, 1.82) is 0 Å². The first-order valence-electron chi connectivity index (χ1n) is 11.5. The van der Waals surface area contributed by atoms with Gasteiger partial charge < -0.3 is 9.80 Å². The first kappa shape index (κ1) is 21.9. The molecule has 1 fully saturated rings. The Bertz CT molecular complexity index is 1280. The molecule has 5 nitrogen and oxygen atoms in total. The van der Waals surface area contributed by atoms with Crippen LogP contribution >= 0.6 is 0 Å². The smallest absolute Gasteiger partial charge is 0.282 e. The van der Waals surface area contributed by atoms with Crippen molar-refractivity contribution >= 4 is 28.8 Å². The fraction of sp³-hybridized carbons (Fsp3) is 0.214. The quantitative estimate of drug-likeness (QED) is 0.542. The zero-order chi connectivity index (χ0) is 23.8. The third-order valence-corrected chi connectivity index (χ3v) is 6.72. The van der Waals surface area contributed by atoms with Gasteiger partial charge in [-0.1, -0.05) is 42.5 Å². The van der Waals surface area contributed by atoms with Gasteiger partial charge in [-0.05, 0) is 60.9 Å². The Kier molecular flexibility index (Phi) is 5.65. The lowest BCUT2D eigenvalue weighted by atomic mass is 10.0. The molecule has 3 aromatic rings. The fourth-order valence-electron chi connectivity index (χ4n) is 4.75. The Morgan fingerprint density at radius 1 is 0.706 bits per heavy atom. The summed E-state index contributed by atoms with van der Waals surface area (Å²) in [6, 6.07) is 21.0. The van der Waals surface area contributed by atoms with Crippen molar-refractivity contribution in [1.82, 2.24) is 4.90 Å². The van der Waals surface area contributed by atoms with Crippen LogP contribution in [-0.4, -0.2) is 42.9 Å². The number of piperazine rings is 1. The summed E-state index contributed by atoms with van der Waals surface area (Å²) in [6.07, 6.45) is 0. The number of carbonyl (C=O) groups excluding carboxylic acids is 2. The van der Waals surface area contributed by atoms with Gasteiger partial charge in [-0.15, -0.1) is 0 Å². The lowest BCUT2D eigenvalue weighted by Crippen LogP contribution is -2.48. The number of hydrogen-bond acceptors (Lipinski definition) is 4. The molecular formula is C28H26FN3O2. The van der Waals surface area contributed by atoms with Gasteiger partial charge in [0.1, 0.15) is 11.5 Å². The van der Waals surface area contributed by atoms with Crippen molar-refractivity contribution in [3.05, 3.63) is 101 Å². The lowest BCUT2D eigenvalue weighted by molar-refractivity contribution is -0.120. The van der Waals surface area contributed by atoms with Crippen LogP contribution < -0.4 is 9.80 Å². The summed E-state index contributed by atoms with van der Waals surface area (Å²) in [5, 5.41) is 0. The van der Waals surface area contributed by atoms with Gasteiger partial charge in [-0.2, -0.15) is 0 Å². The Labute approximate surface area is 198 Å². The SMILES string of the molecule is Cc1cccc(N2CCN(C3=C(c4ccc(F)cc4)C(=O)N(c4ccccc4)C3=O)CC2)c1C. The fourth-order valence-corrected chi connectivity index (χ4v) is 4.75. The van der Waals surface area contributed by atoms with Gasteiger partial charge >= 0.3 is 0 Å². The maximum atomic E-state index is 13.6. The normalized spacial score (nSPS) is 16.6. The van der Waals surface area contributed by atoms with Crippen LogP contribution in [0.4, 0.5) is 15.8 Å². The molecular weight excluding hydrogens is 429 g/mol. The van der Waals surface area contributed by atoms with E-state index in [1.54, 1.807) is 36.4 Å². The maximum absolute atomic E-state index is 13.6. The molecule has 2 aliphatic rings. The van der Waals surface area contributed by atoms with Crippen molar-refractivity contribution in [2.75, 3.05) is 36.0 Å². The third-order valence-electron chi connectivity index (χ3n) is 6.72. The van der Waals surface area contributed by atoms with E-state index in [1.165, 1.54) is 33.8 Å². The standard InChI is InChI=1S/C28H26FN3O2/c1-19-7-6-10-24(20(19)2)30-15-17-31(18-16-30)26-25(21-11-13-22(29)14-12-21)27(33)32(28(26)34)23-8-4-3-5-9-23/h3-14H,15-18H2,1-2H3. The number of amides is 2. The summed E-state index contributed by atoms with van der Waals surface area (Å²) in [5.74, 6) is -1.10. The van der Waals surface area contributed by atoms with E-state index in [0.29, 0.717) is 35.6 Å². The molecule has 0 radical (unpaired) electrons. The molecule has 3 aromatic carbocycles. The first-order valence-corrected chi connectivity index (χ1v) is 11.5. The Hall–Kier alpha value is -3.93. The van der Waals surface area contributed by atoms with Gasteiger partial charge in [-0.25, -0.2) is 9.29 Å². The van der Waals surface area contributed by atoms with Gasteiger partial charge in [-0.3, -0.25) is 9.59 Å². The highest BCUT2D eigenvalue weighted by Gasteiger charge is 2.43. The maximum Gasteiger partial charge on any atom is 0.282 e. The van der Waals surface area contributed by atoms with Gasteiger partial charge in [0.25, 0.3) is 11.8 Å². The topological polar surface area (TPSA) is 43.9 Å². The summed E-state index contributed by atoms with van der Waals surface area (Å²) in [6.45, 7) is 6.91. The highest BCUT2D eigenvalue weighted by molar-refractivity contribution is 6.45. The van der Waals surface area contributed by atoms with E-state index in [4.69, 9.17) is 0 Å². The number of rotatable bonds is 4.